The molecule has 2 aromatic rings. The van der Waals surface area contributed by atoms with Crippen LogP contribution in [0.3, 0.4) is 0 Å². The molecular weight excluding hydrogens is 294 g/mol. The lowest BCUT2D eigenvalue weighted by molar-refractivity contribution is -0.124. The lowest BCUT2D eigenvalue weighted by Gasteiger charge is -2.16. The number of nitrogens with one attached hydrogen (secondary N) is 1. The summed E-state index contributed by atoms with van der Waals surface area (Å²) >= 11 is 0. The van der Waals surface area contributed by atoms with Crippen LogP contribution >= 0.6 is 0 Å². The molecule has 0 radical (unpaired) electrons. The number of ether oxygens (including phenoxy) is 1. The zero-order valence-corrected chi connectivity index (χ0v) is 12.4. The monoisotopic (exact) mass is 311 g/mol. The van der Waals surface area contributed by atoms with Gasteiger partial charge in [-0.25, -0.2) is 0 Å². The average molecular weight is 311 g/mol. The van der Waals surface area contributed by atoms with Crippen LogP contribution in [0.15, 0.2) is 54.6 Å². The van der Waals surface area contributed by atoms with Crippen LogP contribution < -0.4 is 5.32 Å². The minimum atomic E-state index is -0.780. The van der Waals surface area contributed by atoms with E-state index in [0.29, 0.717) is 11.3 Å². The second-order valence-electron chi connectivity index (χ2n) is 5.37. The van der Waals surface area contributed by atoms with Gasteiger partial charge in [-0.3, -0.25) is 9.59 Å². The Hall–Kier alpha value is -2.50. The smallest absolute Gasteiger partial charge is 0.255 e. The van der Waals surface area contributed by atoms with E-state index in [1.165, 1.54) is 0 Å². The molecule has 1 saturated heterocycles. The molecule has 0 unspecified atom stereocenters. The van der Waals surface area contributed by atoms with Gasteiger partial charge < -0.3 is 15.2 Å². The normalized spacial score (nSPS) is 20.5. The summed E-state index contributed by atoms with van der Waals surface area (Å²) in [6.45, 7) is -0.326. The molecule has 0 saturated carbocycles. The molecule has 5 heteroatoms. The van der Waals surface area contributed by atoms with E-state index in [1.807, 2.05) is 24.3 Å². The van der Waals surface area contributed by atoms with Crippen LogP contribution in [-0.4, -0.2) is 29.5 Å². The molecule has 0 spiro atoms. The molecule has 0 bridgehead atoms. The molecule has 2 atom stereocenters. The fourth-order valence-electron chi connectivity index (χ4n) is 2.64. The van der Waals surface area contributed by atoms with Gasteiger partial charge in [-0.15, -0.1) is 0 Å². The van der Waals surface area contributed by atoms with Crippen LogP contribution in [0.2, 0.25) is 0 Å². The number of benzene rings is 2. The Labute approximate surface area is 133 Å². The highest BCUT2D eigenvalue weighted by molar-refractivity contribution is 6.04. The summed E-state index contributed by atoms with van der Waals surface area (Å²) in [7, 11) is 0. The van der Waals surface area contributed by atoms with Gasteiger partial charge in [0.05, 0.1) is 12.7 Å². The lowest BCUT2D eigenvalue weighted by atomic mass is 10.0. The third kappa shape index (κ3) is 3.31. The summed E-state index contributed by atoms with van der Waals surface area (Å²) in [5, 5.41) is 12.0. The quantitative estimate of drug-likeness (QED) is 0.908. The predicted molar refractivity (Wildman–Crippen MR) is 85.2 cm³/mol. The molecule has 1 heterocycles. The van der Waals surface area contributed by atoms with E-state index in [9.17, 15) is 9.59 Å². The number of para-hydroxylation sites is 1. The number of anilines is 1. The van der Waals surface area contributed by atoms with Crippen LogP contribution in [0, 0.1) is 0 Å². The number of aliphatic hydroxyl groups is 1. The number of hydrogen-bond acceptors (Lipinski definition) is 4. The van der Waals surface area contributed by atoms with Crippen molar-refractivity contribution in [2.45, 2.75) is 18.6 Å². The van der Waals surface area contributed by atoms with E-state index in [2.05, 4.69) is 5.32 Å². The largest absolute Gasteiger partial charge is 0.393 e. The summed E-state index contributed by atoms with van der Waals surface area (Å²) in [6.07, 6.45) is -1.03. The zero-order valence-electron chi connectivity index (χ0n) is 12.4. The summed E-state index contributed by atoms with van der Waals surface area (Å²) < 4.78 is 5.59. The van der Waals surface area contributed by atoms with Crippen molar-refractivity contribution in [2.75, 3.05) is 11.9 Å². The first-order valence-corrected chi connectivity index (χ1v) is 7.43. The Balaban J connectivity index is 1.82. The Morgan fingerprint density at radius 2 is 1.83 bits per heavy atom. The second-order valence-corrected chi connectivity index (χ2v) is 5.37. The Bertz CT molecular complexity index is 714. The first kappa shape index (κ1) is 15.4. The van der Waals surface area contributed by atoms with Crippen molar-refractivity contribution in [3.05, 3.63) is 65.7 Å². The lowest BCUT2D eigenvalue weighted by Crippen LogP contribution is -2.19. The van der Waals surface area contributed by atoms with Gasteiger partial charge in [-0.2, -0.15) is 0 Å². The maximum Gasteiger partial charge on any atom is 0.255 e. The molecule has 1 aliphatic heterocycles. The molecule has 1 fully saturated rings. The van der Waals surface area contributed by atoms with Gasteiger partial charge in [0.2, 0.25) is 0 Å². The van der Waals surface area contributed by atoms with Gasteiger partial charge >= 0.3 is 0 Å². The minimum absolute atomic E-state index is 0.123. The number of amides is 1. The summed E-state index contributed by atoms with van der Waals surface area (Å²) in [4.78, 5) is 24.1. The van der Waals surface area contributed by atoms with Crippen molar-refractivity contribution in [3.63, 3.8) is 0 Å². The summed E-state index contributed by atoms with van der Waals surface area (Å²) in [5.41, 5.74) is 1.90. The van der Waals surface area contributed by atoms with E-state index in [0.717, 1.165) is 5.56 Å². The third-order valence-electron chi connectivity index (χ3n) is 3.83. The van der Waals surface area contributed by atoms with Crippen molar-refractivity contribution < 1.29 is 19.4 Å². The standard InChI is InChI=1S/C18H17NO4/c20-11-17-15(21)10-16(23-17)13-8-4-5-9-14(13)19-18(22)12-6-2-1-3-7-12/h1-9,16-17,20H,10-11H2,(H,19,22)/t16-,17+/m1/s1. The molecule has 0 aliphatic carbocycles. The van der Waals surface area contributed by atoms with Gasteiger partial charge in [0.25, 0.3) is 5.91 Å². The molecule has 1 amide bonds. The van der Waals surface area contributed by atoms with E-state index >= 15 is 0 Å². The van der Waals surface area contributed by atoms with Crippen LogP contribution in [-0.2, 0) is 9.53 Å². The van der Waals surface area contributed by atoms with Crippen LogP contribution in [0.25, 0.3) is 0 Å². The molecule has 0 aromatic heterocycles. The second kappa shape index (κ2) is 6.73. The van der Waals surface area contributed by atoms with Crippen molar-refractivity contribution in [2.24, 2.45) is 0 Å². The third-order valence-corrected chi connectivity index (χ3v) is 3.83. The fraction of sp³-hybridized carbons (Fsp3) is 0.222. The van der Waals surface area contributed by atoms with Gasteiger partial charge in [0.1, 0.15) is 6.10 Å². The Kier molecular flexibility index (Phi) is 4.50. The van der Waals surface area contributed by atoms with E-state index < -0.39 is 12.2 Å². The fourth-order valence-corrected chi connectivity index (χ4v) is 2.64. The van der Waals surface area contributed by atoms with Crippen LogP contribution in [0.4, 0.5) is 5.69 Å². The van der Waals surface area contributed by atoms with E-state index in [-0.39, 0.29) is 24.7 Å². The molecule has 1 aliphatic rings. The molecule has 5 nitrogen and oxygen atoms in total. The van der Waals surface area contributed by atoms with E-state index in [4.69, 9.17) is 9.84 Å². The maximum absolute atomic E-state index is 12.3. The molecule has 118 valence electrons. The van der Waals surface area contributed by atoms with Crippen LogP contribution in [0.1, 0.15) is 28.4 Å². The van der Waals surface area contributed by atoms with Gasteiger partial charge in [-0.05, 0) is 18.2 Å². The first-order valence-electron chi connectivity index (χ1n) is 7.43. The Morgan fingerprint density at radius 3 is 2.52 bits per heavy atom. The van der Waals surface area contributed by atoms with Gasteiger partial charge in [0, 0.05) is 23.2 Å². The van der Waals surface area contributed by atoms with Gasteiger partial charge in [-0.1, -0.05) is 36.4 Å². The topological polar surface area (TPSA) is 75.6 Å². The Morgan fingerprint density at radius 1 is 1.13 bits per heavy atom. The van der Waals surface area contributed by atoms with Crippen molar-refractivity contribution >= 4 is 17.4 Å². The highest BCUT2D eigenvalue weighted by Crippen LogP contribution is 2.34. The van der Waals surface area contributed by atoms with Crippen molar-refractivity contribution in [1.82, 2.24) is 0 Å². The number of carbonyl (C=O) groups excluding carboxylic acids is 2. The molecule has 23 heavy (non-hydrogen) atoms. The number of rotatable bonds is 4. The van der Waals surface area contributed by atoms with Crippen molar-refractivity contribution in [3.8, 4) is 0 Å². The first-order chi connectivity index (χ1) is 11.2. The number of carbonyl (C=O) groups is 2. The highest BCUT2D eigenvalue weighted by Gasteiger charge is 2.34. The number of Topliss-reactive ketones (excluding diaryl/α,β-unsaturated/α-hetero) is 1. The number of ketones is 1. The number of aliphatic hydroxyl groups excluding tert-OH is 1. The molecule has 3 rings (SSSR count). The SMILES string of the molecule is O=C(Nc1ccccc1[C@H]1CC(=O)[C@H](CO)O1)c1ccccc1. The van der Waals surface area contributed by atoms with Crippen molar-refractivity contribution in [1.29, 1.82) is 0 Å². The minimum Gasteiger partial charge on any atom is -0.393 e. The molecular formula is C18H17NO4. The summed E-state index contributed by atoms with van der Waals surface area (Å²) in [6, 6.07) is 16.1. The van der Waals surface area contributed by atoms with Gasteiger partial charge in [0.15, 0.2) is 5.78 Å². The highest BCUT2D eigenvalue weighted by atomic mass is 16.5. The summed E-state index contributed by atoms with van der Waals surface area (Å²) in [5.74, 6) is -0.345. The van der Waals surface area contributed by atoms with E-state index in [1.54, 1.807) is 30.3 Å². The average Bonchev–Trinajstić information content (AvgIpc) is 2.97. The molecule has 2 aromatic carbocycles. The zero-order chi connectivity index (χ0) is 16.2. The molecule has 2 N–H and O–H groups in total. The maximum atomic E-state index is 12.3. The number of hydrogen-bond donors (Lipinski definition) is 2. The predicted octanol–water partition coefficient (Wildman–Crippen LogP) is 2.33. The van der Waals surface area contributed by atoms with Crippen LogP contribution in [0.5, 0.6) is 0 Å².